The molecule has 35 heavy (non-hydrogen) atoms. The Hall–Kier alpha value is -2.02. The molecule has 2 aromatic rings. The molecule has 0 amide bonds. The van der Waals surface area contributed by atoms with Gasteiger partial charge in [-0.05, 0) is 70.0 Å². The monoisotopic (exact) mass is 550 g/mol. The highest BCUT2D eigenvalue weighted by Gasteiger charge is 2.32. The predicted octanol–water partition coefficient (Wildman–Crippen LogP) is 6.72. The smallest absolute Gasteiger partial charge is 0.406 e. The van der Waals surface area contributed by atoms with E-state index in [1.807, 2.05) is 20.8 Å². The molecule has 5 nitrogen and oxygen atoms in total. The second kappa shape index (κ2) is 13.3. The van der Waals surface area contributed by atoms with E-state index in [1.54, 1.807) is 26.0 Å². The molecule has 0 unspecified atom stereocenters. The van der Waals surface area contributed by atoms with Crippen molar-refractivity contribution in [2.75, 3.05) is 0 Å². The van der Waals surface area contributed by atoms with Crippen LogP contribution in [0.15, 0.2) is 48.5 Å². The minimum absolute atomic E-state index is 0. The van der Waals surface area contributed by atoms with Crippen LogP contribution in [0.25, 0.3) is 0 Å². The van der Waals surface area contributed by atoms with Gasteiger partial charge in [-0.15, -0.1) is 38.7 Å². The Morgan fingerprint density at radius 3 is 1.60 bits per heavy atom. The standard InChI is InChI=1S/C13H18F3NO2S.C9H10F3NO.ClH/c1-9(17-20(18)12(2,3)4)10-6-5-7-11(8-10)19-13(14,15)16;1-6(13)7-3-2-4-8(5-7)14-9(10,11)12;/h5-9,17H,1-4H3;2-6H,13H2,1H3;1H/t9-,20-;6-;/m00./s1. The van der Waals surface area contributed by atoms with E-state index < -0.39 is 28.5 Å². The third-order valence-electron chi connectivity index (χ3n) is 4.05. The van der Waals surface area contributed by atoms with Gasteiger partial charge in [0, 0.05) is 12.1 Å². The maximum Gasteiger partial charge on any atom is 0.573 e. The summed E-state index contributed by atoms with van der Waals surface area (Å²) in [4.78, 5) is 0. The molecule has 0 aliphatic heterocycles. The quantitative estimate of drug-likeness (QED) is 0.391. The van der Waals surface area contributed by atoms with Crippen LogP contribution in [0, 0.1) is 0 Å². The first kappa shape index (κ1) is 33.0. The predicted molar refractivity (Wildman–Crippen MR) is 126 cm³/mol. The number of rotatable bonds is 6. The SMILES string of the molecule is C[C@H](N)c1cccc(OC(F)(F)F)c1.C[C@H](N[S@@](=O)C(C)(C)C)c1cccc(OC(F)(F)F)c1.Cl. The number of hydrogen-bond donors (Lipinski definition) is 2. The number of ether oxygens (including phenoxy) is 2. The molecule has 2 aromatic carbocycles. The summed E-state index contributed by atoms with van der Waals surface area (Å²) < 4.78 is 93.9. The van der Waals surface area contributed by atoms with Gasteiger partial charge in [0.25, 0.3) is 0 Å². The molecule has 0 aliphatic rings. The Kier molecular flexibility index (Phi) is 12.6. The first-order chi connectivity index (χ1) is 15.4. The third-order valence-corrected chi connectivity index (χ3v) is 5.73. The van der Waals surface area contributed by atoms with Crippen molar-refractivity contribution < 1.29 is 40.0 Å². The molecule has 0 aliphatic carbocycles. The zero-order chi connectivity index (χ0) is 26.3. The maximum atomic E-state index is 12.2. The Morgan fingerprint density at radius 1 is 0.829 bits per heavy atom. The Labute approximate surface area is 209 Å². The van der Waals surface area contributed by atoms with Crippen molar-refractivity contribution in [3.63, 3.8) is 0 Å². The molecule has 0 radical (unpaired) electrons. The topological polar surface area (TPSA) is 73.6 Å². The molecule has 0 bridgehead atoms. The largest absolute Gasteiger partial charge is 0.573 e. The highest BCUT2D eigenvalue weighted by atomic mass is 35.5. The Bertz CT molecular complexity index is 950. The van der Waals surface area contributed by atoms with E-state index in [4.69, 9.17) is 5.73 Å². The van der Waals surface area contributed by atoms with Crippen LogP contribution < -0.4 is 19.9 Å². The van der Waals surface area contributed by atoms with Crippen LogP contribution in [0.5, 0.6) is 11.5 Å². The van der Waals surface area contributed by atoms with E-state index in [0.29, 0.717) is 11.1 Å². The van der Waals surface area contributed by atoms with Gasteiger partial charge in [-0.1, -0.05) is 24.3 Å². The van der Waals surface area contributed by atoms with Gasteiger partial charge >= 0.3 is 12.7 Å². The van der Waals surface area contributed by atoms with E-state index in [-0.39, 0.29) is 36.0 Å². The molecule has 0 fully saturated rings. The molecular weight excluding hydrogens is 522 g/mol. The van der Waals surface area contributed by atoms with Gasteiger partial charge in [-0.2, -0.15) is 0 Å². The summed E-state index contributed by atoms with van der Waals surface area (Å²) in [6, 6.07) is 10.6. The number of benzene rings is 2. The lowest BCUT2D eigenvalue weighted by atomic mass is 10.1. The molecule has 2 rings (SSSR count). The first-order valence-corrected chi connectivity index (χ1v) is 11.2. The van der Waals surface area contributed by atoms with Crippen LogP contribution in [0.3, 0.4) is 0 Å². The van der Waals surface area contributed by atoms with Crippen molar-refractivity contribution in [3.05, 3.63) is 59.7 Å². The Morgan fingerprint density at radius 2 is 1.23 bits per heavy atom. The summed E-state index contributed by atoms with van der Waals surface area (Å²) in [5, 5.41) is 0. The molecule has 3 atom stereocenters. The van der Waals surface area contributed by atoms with Crippen molar-refractivity contribution in [2.45, 2.75) is 64.2 Å². The van der Waals surface area contributed by atoms with Crippen molar-refractivity contribution in [3.8, 4) is 11.5 Å². The zero-order valence-corrected chi connectivity index (χ0v) is 21.3. The number of halogens is 7. The van der Waals surface area contributed by atoms with Crippen LogP contribution in [0.1, 0.15) is 57.8 Å². The zero-order valence-electron chi connectivity index (χ0n) is 19.7. The third kappa shape index (κ3) is 13.6. The average molecular weight is 551 g/mol. The molecule has 0 saturated carbocycles. The van der Waals surface area contributed by atoms with E-state index in [1.165, 1.54) is 36.4 Å². The minimum atomic E-state index is -4.72. The van der Waals surface area contributed by atoms with Gasteiger partial charge in [0.05, 0.1) is 15.7 Å². The van der Waals surface area contributed by atoms with Crippen LogP contribution >= 0.6 is 12.4 Å². The van der Waals surface area contributed by atoms with E-state index in [9.17, 15) is 30.6 Å². The first-order valence-electron chi connectivity index (χ1n) is 10.0. The van der Waals surface area contributed by atoms with Crippen LogP contribution in [0.2, 0.25) is 0 Å². The van der Waals surface area contributed by atoms with Crippen molar-refractivity contribution in [1.29, 1.82) is 0 Å². The van der Waals surface area contributed by atoms with E-state index >= 15 is 0 Å². The molecule has 0 aromatic heterocycles. The van der Waals surface area contributed by atoms with Crippen LogP contribution in [-0.2, 0) is 11.0 Å². The van der Waals surface area contributed by atoms with Gasteiger partial charge in [-0.25, -0.2) is 8.93 Å². The maximum absolute atomic E-state index is 12.2. The van der Waals surface area contributed by atoms with Gasteiger partial charge in [-0.3, -0.25) is 0 Å². The van der Waals surface area contributed by atoms with Crippen LogP contribution in [0.4, 0.5) is 26.3 Å². The van der Waals surface area contributed by atoms with E-state index in [2.05, 4.69) is 14.2 Å². The lowest BCUT2D eigenvalue weighted by Crippen LogP contribution is -2.34. The molecule has 13 heteroatoms. The molecular formula is C22H29ClF6N2O3S. The number of nitrogens with two attached hydrogens (primary N) is 1. The number of hydrogen-bond acceptors (Lipinski definition) is 4. The summed E-state index contributed by atoms with van der Waals surface area (Å²) >= 11 is 0. The lowest BCUT2D eigenvalue weighted by molar-refractivity contribution is -0.275. The molecule has 0 saturated heterocycles. The fourth-order valence-corrected chi connectivity index (χ4v) is 3.19. The lowest BCUT2D eigenvalue weighted by Gasteiger charge is -2.22. The van der Waals surface area contributed by atoms with Gasteiger partial charge in [0.15, 0.2) is 0 Å². The molecule has 0 heterocycles. The molecule has 0 spiro atoms. The van der Waals surface area contributed by atoms with Gasteiger partial charge < -0.3 is 15.2 Å². The van der Waals surface area contributed by atoms with E-state index in [0.717, 1.165) is 0 Å². The fourth-order valence-electron chi connectivity index (χ4n) is 2.38. The van der Waals surface area contributed by atoms with Gasteiger partial charge in [0.2, 0.25) is 0 Å². The summed E-state index contributed by atoms with van der Waals surface area (Å²) in [6.07, 6.45) is -9.38. The van der Waals surface area contributed by atoms with Gasteiger partial charge in [0.1, 0.15) is 11.5 Å². The molecule has 3 N–H and O–H groups in total. The second-order valence-electron chi connectivity index (χ2n) is 8.25. The van der Waals surface area contributed by atoms with Crippen molar-refractivity contribution in [2.24, 2.45) is 5.73 Å². The summed E-state index contributed by atoms with van der Waals surface area (Å²) in [5.41, 5.74) is 6.69. The Balaban J connectivity index is 0.000000680. The summed E-state index contributed by atoms with van der Waals surface area (Å²) in [6.45, 7) is 8.85. The van der Waals surface area contributed by atoms with Crippen molar-refractivity contribution >= 4 is 23.4 Å². The molecule has 200 valence electrons. The fraction of sp³-hybridized carbons (Fsp3) is 0.455. The second-order valence-corrected chi connectivity index (χ2v) is 10.2. The highest BCUT2D eigenvalue weighted by molar-refractivity contribution is 7.84. The normalized spacial score (nSPS) is 14.5. The summed E-state index contributed by atoms with van der Waals surface area (Å²) in [7, 11) is -1.31. The number of alkyl halides is 6. The minimum Gasteiger partial charge on any atom is -0.406 e. The average Bonchev–Trinajstić information content (AvgIpc) is 2.65. The van der Waals surface area contributed by atoms with Crippen LogP contribution in [-0.4, -0.2) is 21.7 Å². The van der Waals surface area contributed by atoms with Crippen molar-refractivity contribution in [1.82, 2.24) is 4.72 Å². The highest BCUT2D eigenvalue weighted by Crippen LogP contribution is 2.26. The summed E-state index contributed by atoms with van der Waals surface area (Å²) in [5.74, 6) is -0.530. The number of nitrogens with one attached hydrogen (secondary N) is 1.